The zero-order valence-electron chi connectivity index (χ0n) is 14.7. The van der Waals surface area contributed by atoms with Crippen molar-refractivity contribution in [1.29, 1.82) is 0 Å². The molecule has 0 radical (unpaired) electrons. The number of hydrogen-bond acceptors (Lipinski definition) is 5. The lowest BCUT2D eigenvalue weighted by molar-refractivity contribution is 0.0988. The smallest absolute Gasteiger partial charge is 0.294 e. The minimum absolute atomic E-state index is 0.0906. The van der Waals surface area contributed by atoms with E-state index in [-0.39, 0.29) is 5.76 Å². The van der Waals surface area contributed by atoms with Crippen LogP contribution in [0.5, 0.6) is 0 Å². The van der Waals surface area contributed by atoms with Crippen molar-refractivity contribution in [1.82, 2.24) is 5.16 Å². The third-order valence-electron chi connectivity index (χ3n) is 4.70. The number of benzene rings is 1. The molecule has 0 spiro atoms. The van der Waals surface area contributed by atoms with Gasteiger partial charge in [0, 0.05) is 16.5 Å². The highest BCUT2D eigenvalue weighted by Crippen LogP contribution is 2.37. The third kappa shape index (κ3) is 3.50. The van der Waals surface area contributed by atoms with E-state index in [4.69, 9.17) is 10.3 Å². The number of carbonyl (C=O) groups excluding carboxylic acids is 2. The molecule has 0 atom stereocenters. The number of aromatic nitrogens is 1. The summed E-state index contributed by atoms with van der Waals surface area (Å²) in [6.07, 6.45) is 4.99. The summed E-state index contributed by atoms with van der Waals surface area (Å²) >= 11 is 1.43. The van der Waals surface area contributed by atoms with E-state index in [2.05, 4.69) is 10.5 Å². The van der Waals surface area contributed by atoms with Gasteiger partial charge in [0.2, 0.25) is 5.76 Å². The second-order valence-corrected chi connectivity index (χ2v) is 7.63. The first-order valence-corrected chi connectivity index (χ1v) is 9.73. The number of rotatable bonds is 4. The summed E-state index contributed by atoms with van der Waals surface area (Å²) in [5.41, 5.74) is 8.48. The van der Waals surface area contributed by atoms with Crippen LogP contribution in [0.4, 0.5) is 5.00 Å². The van der Waals surface area contributed by atoms with E-state index in [1.807, 2.05) is 30.3 Å². The fourth-order valence-corrected chi connectivity index (χ4v) is 4.67. The zero-order chi connectivity index (χ0) is 18.8. The number of amides is 2. The zero-order valence-corrected chi connectivity index (χ0v) is 15.5. The Balaban J connectivity index is 1.60. The van der Waals surface area contributed by atoms with Gasteiger partial charge in [-0.1, -0.05) is 41.9 Å². The first-order chi connectivity index (χ1) is 13.1. The molecular formula is C20H19N3O3S. The van der Waals surface area contributed by atoms with Gasteiger partial charge in [0.25, 0.3) is 11.8 Å². The lowest BCUT2D eigenvalue weighted by atomic mass is 10.1. The molecule has 3 aromatic rings. The van der Waals surface area contributed by atoms with Crippen LogP contribution in [0.15, 0.2) is 40.9 Å². The first-order valence-electron chi connectivity index (χ1n) is 8.91. The fraction of sp³-hybridized carbons (Fsp3) is 0.250. The van der Waals surface area contributed by atoms with E-state index in [9.17, 15) is 9.59 Å². The predicted octanol–water partition coefficient (Wildman–Crippen LogP) is 4.02. The van der Waals surface area contributed by atoms with Crippen molar-refractivity contribution in [3.8, 4) is 11.3 Å². The Bertz CT molecular complexity index is 991. The summed E-state index contributed by atoms with van der Waals surface area (Å²) in [6, 6.07) is 11.1. The van der Waals surface area contributed by atoms with Gasteiger partial charge in [-0.2, -0.15) is 0 Å². The number of carbonyl (C=O) groups is 2. The largest absolute Gasteiger partial charge is 0.365 e. The van der Waals surface area contributed by atoms with Gasteiger partial charge in [0.1, 0.15) is 10.7 Å². The Morgan fingerprint density at radius 1 is 1.11 bits per heavy atom. The Hall–Kier alpha value is -2.93. The van der Waals surface area contributed by atoms with Crippen molar-refractivity contribution in [3.05, 3.63) is 58.2 Å². The summed E-state index contributed by atoms with van der Waals surface area (Å²) in [4.78, 5) is 25.8. The number of anilines is 1. The molecule has 0 aliphatic heterocycles. The van der Waals surface area contributed by atoms with E-state index in [1.54, 1.807) is 6.07 Å². The van der Waals surface area contributed by atoms with Crippen molar-refractivity contribution in [2.45, 2.75) is 32.1 Å². The monoisotopic (exact) mass is 381 g/mol. The molecular weight excluding hydrogens is 362 g/mol. The molecule has 27 heavy (non-hydrogen) atoms. The quantitative estimate of drug-likeness (QED) is 0.667. The first kappa shape index (κ1) is 17.5. The maximum absolute atomic E-state index is 12.6. The fourth-order valence-electron chi connectivity index (χ4n) is 3.38. The SMILES string of the molecule is NC(=O)c1c(NC(=O)c2cc(-c3ccccc3)no2)sc2c1CCCCC2. The van der Waals surface area contributed by atoms with Gasteiger partial charge in [-0.15, -0.1) is 11.3 Å². The second kappa shape index (κ2) is 7.36. The summed E-state index contributed by atoms with van der Waals surface area (Å²) < 4.78 is 5.20. The topological polar surface area (TPSA) is 98.2 Å². The number of fused-ring (bicyclic) bond motifs is 1. The molecule has 3 N–H and O–H groups in total. The van der Waals surface area contributed by atoms with Gasteiger partial charge in [0.15, 0.2) is 0 Å². The number of nitrogens with one attached hydrogen (secondary N) is 1. The van der Waals surface area contributed by atoms with Gasteiger partial charge in [-0.05, 0) is 31.2 Å². The van der Waals surface area contributed by atoms with Gasteiger partial charge < -0.3 is 15.6 Å². The molecule has 0 fully saturated rings. The molecule has 0 unspecified atom stereocenters. The minimum atomic E-state index is -0.507. The van der Waals surface area contributed by atoms with Crippen molar-refractivity contribution < 1.29 is 14.1 Å². The van der Waals surface area contributed by atoms with Crippen LogP contribution < -0.4 is 11.1 Å². The molecule has 2 aromatic heterocycles. The van der Waals surface area contributed by atoms with Crippen LogP contribution in [0.1, 0.15) is 50.6 Å². The van der Waals surface area contributed by atoms with Crippen LogP contribution in [0, 0.1) is 0 Å². The standard InChI is InChI=1S/C20H19N3O3S/c21-18(24)17-13-9-5-2-6-10-16(13)27-20(17)22-19(25)15-11-14(23-26-15)12-7-3-1-4-8-12/h1,3-4,7-8,11H,2,5-6,9-10H2,(H2,21,24)(H,22,25). The maximum Gasteiger partial charge on any atom is 0.294 e. The Morgan fingerprint density at radius 2 is 1.89 bits per heavy atom. The second-order valence-electron chi connectivity index (χ2n) is 6.53. The Labute approximate surface area is 160 Å². The number of primary amides is 1. The van der Waals surface area contributed by atoms with Crippen LogP contribution in [0.3, 0.4) is 0 Å². The average molecular weight is 381 g/mol. The van der Waals surface area contributed by atoms with E-state index in [0.29, 0.717) is 16.3 Å². The van der Waals surface area contributed by atoms with E-state index < -0.39 is 11.8 Å². The van der Waals surface area contributed by atoms with E-state index in [0.717, 1.165) is 48.1 Å². The Kier molecular flexibility index (Phi) is 4.77. The lowest BCUT2D eigenvalue weighted by Crippen LogP contribution is -2.17. The number of hydrogen-bond donors (Lipinski definition) is 2. The van der Waals surface area contributed by atoms with Crippen molar-refractivity contribution in [3.63, 3.8) is 0 Å². The third-order valence-corrected chi connectivity index (χ3v) is 5.91. The molecule has 1 aliphatic carbocycles. The molecule has 1 aromatic carbocycles. The Morgan fingerprint density at radius 3 is 2.67 bits per heavy atom. The molecule has 6 nitrogen and oxygen atoms in total. The molecule has 7 heteroatoms. The van der Waals surface area contributed by atoms with Crippen molar-refractivity contribution in [2.24, 2.45) is 5.73 Å². The molecule has 2 heterocycles. The summed E-state index contributed by atoms with van der Waals surface area (Å²) in [5, 5.41) is 7.25. The van der Waals surface area contributed by atoms with Gasteiger partial charge in [-0.25, -0.2) is 0 Å². The van der Waals surface area contributed by atoms with Crippen LogP contribution >= 0.6 is 11.3 Å². The van der Waals surface area contributed by atoms with Crippen LogP contribution in [-0.4, -0.2) is 17.0 Å². The van der Waals surface area contributed by atoms with Crippen LogP contribution in [-0.2, 0) is 12.8 Å². The molecule has 0 bridgehead atoms. The van der Waals surface area contributed by atoms with Gasteiger partial charge >= 0.3 is 0 Å². The summed E-state index contributed by atoms with van der Waals surface area (Å²) in [5.74, 6) is -0.858. The molecule has 4 rings (SSSR count). The predicted molar refractivity (Wildman–Crippen MR) is 104 cm³/mol. The maximum atomic E-state index is 12.6. The minimum Gasteiger partial charge on any atom is -0.365 e. The number of thiophene rings is 1. The summed E-state index contributed by atoms with van der Waals surface area (Å²) in [7, 11) is 0. The van der Waals surface area contributed by atoms with Crippen molar-refractivity contribution >= 4 is 28.2 Å². The van der Waals surface area contributed by atoms with Crippen LogP contribution in [0.25, 0.3) is 11.3 Å². The summed E-state index contributed by atoms with van der Waals surface area (Å²) in [6.45, 7) is 0. The van der Waals surface area contributed by atoms with Crippen LogP contribution in [0.2, 0.25) is 0 Å². The highest BCUT2D eigenvalue weighted by molar-refractivity contribution is 7.17. The molecule has 1 aliphatic rings. The van der Waals surface area contributed by atoms with Gasteiger partial charge in [0.05, 0.1) is 5.56 Å². The number of nitrogens with zero attached hydrogens (tertiary/aromatic N) is 1. The highest BCUT2D eigenvalue weighted by atomic mass is 32.1. The highest BCUT2D eigenvalue weighted by Gasteiger charge is 2.25. The van der Waals surface area contributed by atoms with E-state index in [1.165, 1.54) is 11.3 Å². The normalized spacial score (nSPS) is 13.6. The molecule has 138 valence electrons. The molecule has 0 saturated heterocycles. The lowest BCUT2D eigenvalue weighted by Gasteiger charge is -2.04. The molecule has 2 amide bonds. The number of nitrogens with two attached hydrogens (primary N) is 1. The average Bonchev–Trinajstić information content (AvgIpc) is 3.22. The number of aryl methyl sites for hydroxylation is 1. The van der Waals surface area contributed by atoms with Gasteiger partial charge in [-0.3, -0.25) is 9.59 Å². The van der Waals surface area contributed by atoms with E-state index >= 15 is 0 Å². The van der Waals surface area contributed by atoms with Crippen molar-refractivity contribution in [2.75, 3.05) is 5.32 Å². The molecule has 0 saturated carbocycles.